The van der Waals surface area contributed by atoms with Crippen LogP contribution in [0.4, 0.5) is 0 Å². The molecule has 632 valence electrons. The lowest BCUT2D eigenvalue weighted by molar-refractivity contribution is -0.333. The zero-order valence-corrected chi connectivity index (χ0v) is 67.8. The first kappa shape index (κ1) is 89.8. The van der Waals surface area contributed by atoms with Crippen LogP contribution < -0.4 is 68.2 Å². The standard InChI is InChI=1S/C79H102Cl2N10O23S2/c1-7-8-9-10-11-12-13-14-15-23-115-116-24-22-85-73(104)61-44-31-42(93)32-50(95)58(44)43-26-38(16-19-49(43)94)59-74(105)91-63(77(108)89-61)65(98)40-18-21-52(46(81)28-40)111-54-30-41-29-53(68(54)114-78-69(67(100)66(99)55(35-92)112-78)113-57-34-79(5,83)70(101)37(4)109-57)110-51-20-17-39(27-45(51)80)64(97)62(90-71(102)47(84-6)25-36(2)3)76(107)86-48(33-56(82)96)72(103)87-60(41)75(106)88-59/h16-21,26-32,36-37,47-48,55,57,59-67,69-70,78,84,92-95,97-101H,7-15,22-25,33-35,83H2,1-6H3,(H2,82,96)(H,85,104)(H,86,107)(H,87,103)(H,88,106)(H,89,108)(H,90,102)(H,91,105)/t37-,47+,48-,55+,57-,59+,60+,61-,62+,63-,64+,65+,66+,67-,69+,70+,78-,79-/m0/s1. The van der Waals surface area contributed by atoms with Gasteiger partial charge >= 0.3 is 0 Å². The molecule has 5 aromatic rings. The van der Waals surface area contributed by atoms with Gasteiger partial charge in [0, 0.05) is 47.2 Å². The van der Waals surface area contributed by atoms with Crippen LogP contribution in [0.25, 0.3) is 11.1 Å². The average molecular weight is 1690 g/mol. The Morgan fingerprint density at radius 3 is 1.90 bits per heavy atom. The van der Waals surface area contributed by atoms with E-state index in [0.29, 0.717) is 5.75 Å². The Labute approximate surface area is 687 Å². The molecule has 0 spiro atoms. The van der Waals surface area contributed by atoms with Gasteiger partial charge in [-0.2, -0.15) is 0 Å². The van der Waals surface area contributed by atoms with Crippen molar-refractivity contribution >= 4 is 92.0 Å². The maximum absolute atomic E-state index is 16.3. The molecule has 7 heterocycles. The summed E-state index contributed by atoms with van der Waals surface area (Å²) >= 11 is 14.3. The number of likely N-dealkylation sites (N-methyl/N-ethyl adjacent to an activating group) is 1. The van der Waals surface area contributed by atoms with Crippen molar-refractivity contribution in [3.8, 4) is 57.1 Å². The number of rotatable bonds is 27. The zero-order valence-electron chi connectivity index (χ0n) is 64.7. The Balaban J connectivity index is 1.15. The number of hydrogen-bond donors (Lipinski definition) is 19. The largest absolute Gasteiger partial charge is 0.508 e. The molecule has 0 radical (unpaired) electrons. The molecule has 0 unspecified atom stereocenters. The van der Waals surface area contributed by atoms with Crippen molar-refractivity contribution < 1.29 is 113 Å². The third kappa shape index (κ3) is 21.9. The minimum atomic E-state index is -2.33. The minimum Gasteiger partial charge on any atom is -0.508 e. The number of carbonyl (C=O) groups is 8. The number of benzene rings is 5. The zero-order chi connectivity index (χ0) is 84.1. The first-order valence-electron chi connectivity index (χ1n) is 38.5. The van der Waals surface area contributed by atoms with E-state index in [1.54, 1.807) is 10.8 Å². The van der Waals surface area contributed by atoms with E-state index < -0.39 is 215 Å². The van der Waals surface area contributed by atoms with Crippen LogP contribution in [-0.4, -0.2) is 204 Å². The van der Waals surface area contributed by atoms with E-state index in [2.05, 4.69) is 49.5 Å². The van der Waals surface area contributed by atoms with E-state index in [-0.39, 0.29) is 75.2 Å². The highest BCUT2D eigenvalue weighted by molar-refractivity contribution is 8.76. The quantitative estimate of drug-likeness (QED) is 0.0241. The Kier molecular flexibility index (Phi) is 31.2. The van der Waals surface area contributed by atoms with Crippen LogP contribution in [0, 0.1) is 5.92 Å². The fourth-order valence-electron chi connectivity index (χ4n) is 14.4. The number of aromatic hydroxyl groups is 3. The summed E-state index contributed by atoms with van der Waals surface area (Å²) in [6.45, 7) is 7.93. The minimum absolute atomic E-state index is 0.0197. The predicted molar refractivity (Wildman–Crippen MR) is 427 cm³/mol. The molecule has 33 nitrogen and oxygen atoms in total. The van der Waals surface area contributed by atoms with Crippen molar-refractivity contribution in [2.24, 2.45) is 17.4 Å². The van der Waals surface area contributed by atoms with Gasteiger partial charge in [-0.25, -0.2) is 0 Å². The van der Waals surface area contributed by atoms with Crippen LogP contribution in [0.1, 0.15) is 170 Å². The second kappa shape index (κ2) is 40.3. The van der Waals surface area contributed by atoms with Crippen LogP contribution in [0.3, 0.4) is 0 Å². The normalized spacial score (nSPS) is 27.2. The summed E-state index contributed by atoms with van der Waals surface area (Å²) in [6.07, 6.45) is -8.01. The number of ether oxygens (including phenoxy) is 6. The summed E-state index contributed by atoms with van der Waals surface area (Å²) in [5.41, 5.74) is 8.77. The van der Waals surface area contributed by atoms with Gasteiger partial charge in [0.2, 0.25) is 59.3 Å². The molecule has 21 N–H and O–H groups in total. The fourth-order valence-corrected chi connectivity index (χ4v) is 16.9. The summed E-state index contributed by atoms with van der Waals surface area (Å²) in [7, 11) is 4.60. The molecule has 11 bridgehead atoms. The van der Waals surface area contributed by atoms with E-state index in [0.717, 1.165) is 79.6 Å². The first-order chi connectivity index (χ1) is 55.2. The molecular weight excluding hydrogens is 1590 g/mol. The highest BCUT2D eigenvalue weighted by Gasteiger charge is 2.52. The highest BCUT2D eigenvalue weighted by atomic mass is 35.5. The van der Waals surface area contributed by atoms with Crippen LogP contribution in [0.5, 0.6) is 46.0 Å². The van der Waals surface area contributed by atoms with Gasteiger partial charge in [0.1, 0.15) is 95.5 Å². The Hall–Kier alpha value is -8.50. The molecule has 7 aliphatic heterocycles. The predicted octanol–water partition coefficient (Wildman–Crippen LogP) is 5.05. The number of halogens is 2. The maximum atomic E-state index is 16.3. The van der Waals surface area contributed by atoms with Crippen LogP contribution in [0.15, 0.2) is 78.9 Å². The Morgan fingerprint density at radius 2 is 1.28 bits per heavy atom. The molecule has 0 aliphatic carbocycles. The highest BCUT2D eigenvalue weighted by Crippen LogP contribution is 2.50. The van der Waals surface area contributed by atoms with E-state index in [9.17, 15) is 65.1 Å². The molecule has 18 atom stereocenters. The first-order valence-corrected chi connectivity index (χ1v) is 41.7. The molecule has 5 aromatic carbocycles. The lowest BCUT2D eigenvalue weighted by Gasteiger charge is -2.47. The number of amides is 8. The topological polar surface area (TPSA) is 522 Å². The lowest BCUT2D eigenvalue weighted by atomic mass is 9.86. The number of nitrogens with two attached hydrogens (primary N) is 2. The van der Waals surface area contributed by atoms with Crippen molar-refractivity contribution in [2.45, 2.75) is 221 Å². The molecule has 8 amide bonds. The molecule has 2 fully saturated rings. The number of phenols is 3. The third-order valence-corrected chi connectivity index (χ3v) is 23.8. The average Bonchev–Trinajstić information content (AvgIpc) is 0.766. The van der Waals surface area contributed by atoms with Gasteiger partial charge < -0.3 is 128 Å². The van der Waals surface area contributed by atoms with Gasteiger partial charge in [-0.15, -0.1) is 0 Å². The number of phenolic OH excluding ortho intramolecular Hbond substituents is 3. The van der Waals surface area contributed by atoms with E-state index in [1.165, 1.54) is 94.5 Å². The molecule has 12 rings (SSSR count). The molecule has 7 aliphatic rings. The van der Waals surface area contributed by atoms with Gasteiger partial charge in [-0.1, -0.05) is 135 Å². The summed E-state index contributed by atoms with van der Waals surface area (Å²) < 4.78 is 38.7. The summed E-state index contributed by atoms with van der Waals surface area (Å²) in [4.78, 5) is 120. The second-order valence-electron chi connectivity index (χ2n) is 30.1. The van der Waals surface area contributed by atoms with Crippen molar-refractivity contribution in [1.29, 1.82) is 0 Å². The van der Waals surface area contributed by atoms with Gasteiger partial charge in [0.05, 0.1) is 41.3 Å². The number of hydrogen-bond acceptors (Lipinski definition) is 27. The van der Waals surface area contributed by atoms with E-state index in [4.69, 9.17) is 63.1 Å². The third-order valence-electron chi connectivity index (χ3n) is 20.7. The Morgan fingerprint density at radius 1 is 0.681 bits per heavy atom. The number of aliphatic hydroxyl groups is 6. The molecule has 0 saturated carbocycles. The van der Waals surface area contributed by atoms with Crippen LogP contribution >= 0.6 is 44.8 Å². The smallest absolute Gasteiger partial charge is 0.248 e. The van der Waals surface area contributed by atoms with Crippen LogP contribution in [0.2, 0.25) is 10.0 Å². The number of unbranched alkanes of at least 4 members (excludes halogenated alkanes) is 8. The molecule has 0 aromatic heterocycles. The van der Waals surface area contributed by atoms with Crippen molar-refractivity contribution in [1.82, 2.24) is 42.5 Å². The maximum Gasteiger partial charge on any atom is 0.248 e. The fraction of sp³-hybridized carbons (Fsp3) is 0.519. The summed E-state index contributed by atoms with van der Waals surface area (Å²) in [5, 5.41) is 126. The lowest BCUT2D eigenvalue weighted by Crippen LogP contribution is -2.64. The van der Waals surface area contributed by atoms with Gasteiger partial charge in [-0.3, -0.25) is 38.4 Å². The number of aliphatic hydroxyl groups excluding tert-OH is 6. The van der Waals surface area contributed by atoms with E-state index >= 15 is 19.2 Å². The molecule has 116 heavy (non-hydrogen) atoms. The van der Waals surface area contributed by atoms with Crippen LogP contribution in [-0.2, 0) is 52.6 Å². The number of primary amides is 1. The SMILES string of the molecule is CCCCCCCCCCCSSCCNC(=O)[C@H]1NC(=O)[C@H]2NC(=O)[C@H](NC(=O)[C@@H]3NC(=O)[C@H](CC(N)=O)NC(=O)[C@H](NC(=O)[C@@H](CC(C)C)NC)[C@H](O)c4ccc(c(Cl)c4)Oc4cc3cc(c4O[C@@H]3O[C@H](CO)[C@@H](O)[C@H](O)[C@H]3O[C@H]3C[C@](C)(N)[C@H](O)[C@H](C)O3)Oc3ccc(cc3Cl)[C@H]2O)c2ccc(O)c(c2)-c2c(O)cc(O)cc21. The van der Waals surface area contributed by atoms with Crippen molar-refractivity contribution in [3.05, 3.63) is 117 Å². The summed E-state index contributed by atoms with van der Waals surface area (Å²) in [5.74, 6) is -13.1. The van der Waals surface area contributed by atoms with Crippen molar-refractivity contribution in [2.75, 3.05) is 31.7 Å². The van der Waals surface area contributed by atoms with Crippen molar-refractivity contribution in [3.63, 3.8) is 0 Å². The van der Waals surface area contributed by atoms with Gasteiger partial charge in [-0.05, 0) is 122 Å². The number of carbonyl (C=O) groups excluding carboxylic acids is 8. The second-order valence-corrected chi connectivity index (χ2v) is 33.7. The monoisotopic (exact) mass is 1690 g/mol. The molecule has 2 saturated heterocycles. The number of nitrogens with one attached hydrogen (secondary N) is 8. The Bertz CT molecular complexity index is 4380. The molecular formula is C79H102Cl2N10O23S2. The summed E-state index contributed by atoms with van der Waals surface area (Å²) in [6, 6.07) is 0.675. The number of fused-ring (bicyclic) bond motifs is 15. The van der Waals surface area contributed by atoms with Gasteiger partial charge in [0.25, 0.3) is 0 Å². The van der Waals surface area contributed by atoms with Gasteiger partial charge in [0.15, 0.2) is 23.9 Å². The molecule has 37 heteroatoms. The van der Waals surface area contributed by atoms with E-state index in [1.807, 2.05) is 13.8 Å².